The molecule has 1 saturated heterocycles. The Balaban J connectivity index is 1.33. The number of amides is 2. The van der Waals surface area contributed by atoms with E-state index < -0.39 is 5.92 Å². The number of anilines is 1. The second kappa shape index (κ2) is 8.72. The van der Waals surface area contributed by atoms with Crippen molar-refractivity contribution in [3.05, 3.63) is 99.6 Å². The highest BCUT2D eigenvalue weighted by Crippen LogP contribution is 2.46. The Morgan fingerprint density at radius 3 is 2.40 bits per heavy atom. The molecule has 1 fully saturated rings. The summed E-state index contributed by atoms with van der Waals surface area (Å²) in [5.74, 6) is -0.255. The number of nitrogens with zero attached hydrogens (tertiary/aromatic N) is 3. The molecule has 2 atom stereocenters. The number of fused-ring (bicyclic) bond motifs is 4. The topological polar surface area (TPSA) is 43.9 Å². The van der Waals surface area contributed by atoms with Gasteiger partial charge in [-0.05, 0) is 53.8 Å². The van der Waals surface area contributed by atoms with Crippen LogP contribution in [0.4, 0.5) is 5.69 Å². The van der Waals surface area contributed by atoms with Crippen LogP contribution in [0.2, 0.25) is 5.02 Å². The summed E-state index contributed by atoms with van der Waals surface area (Å²) in [6, 6.07) is 21.7. The van der Waals surface area contributed by atoms with Crippen molar-refractivity contribution in [3.8, 4) is 0 Å². The van der Waals surface area contributed by atoms with Crippen molar-refractivity contribution in [1.29, 1.82) is 0 Å². The van der Waals surface area contributed by atoms with Crippen LogP contribution in [0.25, 0.3) is 0 Å². The molecule has 0 radical (unpaired) electrons. The number of rotatable bonds is 2. The number of carbonyl (C=O) groups excluding carboxylic acids is 2. The molecule has 0 unspecified atom stereocenters. The molecule has 3 heterocycles. The van der Waals surface area contributed by atoms with Gasteiger partial charge < -0.3 is 14.7 Å². The quantitative estimate of drug-likeness (QED) is 0.522. The number of hydrogen-bond acceptors (Lipinski definition) is 3. The third-order valence-corrected chi connectivity index (χ3v) is 8.04. The minimum absolute atomic E-state index is 0.0328. The van der Waals surface area contributed by atoms with Gasteiger partial charge in [-0.15, -0.1) is 0 Å². The lowest BCUT2D eigenvalue weighted by Gasteiger charge is -2.47. The van der Waals surface area contributed by atoms with Crippen LogP contribution in [-0.2, 0) is 11.2 Å². The van der Waals surface area contributed by atoms with Gasteiger partial charge >= 0.3 is 0 Å². The van der Waals surface area contributed by atoms with E-state index >= 15 is 0 Å². The average molecular weight is 486 g/mol. The Morgan fingerprint density at radius 1 is 0.886 bits per heavy atom. The van der Waals surface area contributed by atoms with E-state index in [1.54, 1.807) is 0 Å². The molecule has 35 heavy (non-hydrogen) atoms. The molecule has 3 aromatic carbocycles. The van der Waals surface area contributed by atoms with Crippen LogP contribution in [0, 0.1) is 6.92 Å². The van der Waals surface area contributed by atoms with Crippen molar-refractivity contribution in [3.63, 3.8) is 0 Å². The molecule has 3 aliphatic heterocycles. The second-order valence-corrected chi connectivity index (χ2v) is 10.1. The maximum atomic E-state index is 14.2. The van der Waals surface area contributed by atoms with E-state index in [0.717, 1.165) is 41.3 Å². The van der Waals surface area contributed by atoms with Crippen molar-refractivity contribution in [2.45, 2.75) is 25.3 Å². The summed E-state index contributed by atoms with van der Waals surface area (Å²) >= 11 is 6.26. The summed E-state index contributed by atoms with van der Waals surface area (Å²) in [6.07, 6.45) is 0.819. The molecule has 0 aliphatic carbocycles. The van der Waals surface area contributed by atoms with Gasteiger partial charge in [-0.1, -0.05) is 60.1 Å². The van der Waals surface area contributed by atoms with E-state index in [4.69, 9.17) is 11.6 Å². The van der Waals surface area contributed by atoms with E-state index in [1.807, 2.05) is 64.4 Å². The fourth-order valence-electron chi connectivity index (χ4n) is 6.03. The number of hydrogen-bond donors (Lipinski definition) is 0. The largest absolute Gasteiger partial charge is 0.368 e. The predicted molar refractivity (Wildman–Crippen MR) is 138 cm³/mol. The highest BCUT2D eigenvalue weighted by atomic mass is 35.5. The first-order valence-corrected chi connectivity index (χ1v) is 12.7. The first kappa shape index (κ1) is 22.2. The molecule has 3 aliphatic rings. The van der Waals surface area contributed by atoms with Gasteiger partial charge in [0.2, 0.25) is 5.91 Å². The molecule has 0 saturated carbocycles. The lowest BCUT2D eigenvalue weighted by molar-refractivity contribution is -0.135. The van der Waals surface area contributed by atoms with Gasteiger partial charge in [0.15, 0.2) is 0 Å². The minimum atomic E-state index is -0.398. The van der Waals surface area contributed by atoms with Gasteiger partial charge in [0, 0.05) is 49.0 Å². The monoisotopic (exact) mass is 485 g/mol. The molecule has 6 rings (SSSR count). The molecule has 2 amide bonds. The molecular formula is C29H28ClN3O2. The van der Waals surface area contributed by atoms with Crippen LogP contribution in [0.3, 0.4) is 0 Å². The summed E-state index contributed by atoms with van der Waals surface area (Å²) in [6.45, 7) is 5.53. The summed E-state index contributed by atoms with van der Waals surface area (Å²) in [5, 5.41) is 0.726. The van der Waals surface area contributed by atoms with Gasteiger partial charge in [-0.2, -0.15) is 0 Å². The van der Waals surface area contributed by atoms with E-state index in [0.29, 0.717) is 25.2 Å². The zero-order chi connectivity index (χ0) is 24.1. The zero-order valence-electron chi connectivity index (χ0n) is 19.8. The predicted octanol–water partition coefficient (Wildman–Crippen LogP) is 4.83. The smallest absolute Gasteiger partial charge is 0.254 e. The molecular weight excluding hydrogens is 458 g/mol. The van der Waals surface area contributed by atoms with Crippen LogP contribution in [0.15, 0.2) is 66.7 Å². The molecule has 0 bridgehead atoms. The van der Waals surface area contributed by atoms with E-state index in [9.17, 15) is 9.59 Å². The molecule has 5 nitrogen and oxygen atoms in total. The SMILES string of the molecule is Cc1ccc(Cl)cc1N1CCN(C(=O)[C@H]2c3ccccc3C(=O)N3CCc4ccccc4[C@H]23)CC1. The third kappa shape index (κ3) is 3.69. The van der Waals surface area contributed by atoms with E-state index in [1.165, 1.54) is 11.1 Å². The van der Waals surface area contributed by atoms with Crippen molar-refractivity contribution in [2.24, 2.45) is 0 Å². The number of carbonyl (C=O) groups is 2. The average Bonchev–Trinajstić information content (AvgIpc) is 2.90. The number of halogens is 1. The zero-order valence-corrected chi connectivity index (χ0v) is 20.5. The minimum Gasteiger partial charge on any atom is -0.368 e. The van der Waals surface area contributed by atoms with Crippen LogP contribution < -0.4 is 4.90 Å². The Hall–Kier alpha value is -3.31. The molecule has 178 valence electrons. The highest BCUT2D eigenvalue weighted by molar-refractivity contribution is 6.30. The summed E-state index contributed by atoms with van der Waals surface area (Å²) in [5.41, 5.74) is 6.17. The van der Waals surface area contributed by atoms with Gasteiger partial charge in [-0.25, -0.2) is 0 Å². The first-order valence-electron chi connectivity index (χ1n) is 12.3. The molecule has 0 N–H and O–H groups in total. The Labute approximate surface area is 210 Å². The maximum absolute atomic E-state index is 14.2. The number of piperazine rings is 1. The molecule has 3 aromatic rings. The van der Waals surface area contributed by atoms with Gasteiger partial charge in [0.25, 0.3) is 5.91 Å². The molecule has 0 aromatic heterocycles. The van der Waals surface area contributed by atoms with Crippen LogP contribution >= 0.6 is 11.6 Å². The Bertz CT molecular complexity index is 1310. The van der Waals surface area contributed by atoms with E-state index in [-0.39, 0.29) is 17.9 Å². The first-order chi connectivity index (χ1) is 17.0. The molecule has 6 heteroatoms. The highest BCUT2D eigenvalue weighted by Gasteiger charge is 2.47. The van der Waals surface area contributed by atoms with Crippen molar-refractivity contribution in [2.75, 3.05) is 37.6 Å². The van der Waals surface area contributed by atoms with Crippen molar-refractivity contribution < 1.29 is 9.59 Å². The van der Waals surface area contributed by atoms with Crippen LogP contribution in [0.5, 0.6) is 0 Å². The van der Waals surface area contributed by atoms with E-state index in [2.05, 4.69) is 24.0 Å². The van der Waals surface area contributed by atoms with Gasteiger partial charge in [0.05, 0.1) is 12.0 Å². The van der Waals surface area contributed by atoms with Crippen molar-refractivity contribution in [1.82, 2.24) is 9.80 Å². The summed E-state index contributed by atoms with van der Waals surface area (Å²) < 4.78 is 0. The second-order valence-electron chi connectivity index (χ2n) is 9.70. The lowest BCUT2D eigenvalue weighted by Crippen LogP contribution is -2.54. The normalized spacial score (nSPS) is 21.3. The fraction of sp³-hybridized carbons (Fsp3) is 0.310. The third-order valence-electron chi connectivity index (χ3n) is 7.80. The maximum Gasteiger partial charge on any atom is 0.254 e. The van der Waals surface area contributed by atoms with Gasteiger partial charge in [-0.3, -0.25) is 9.59 Å². The number of aryl methyl sites for hydroxylation is 1. The van der Waals surface area contributed by atoms with Crippen LogP contribution in [0.1, 0.15) is 44.6 Å². The summed E-state index contributed by atoms with van der Waals surface area (Å²) in [4.78, 5) is 33.9. The standard InChI is InChI=1S/C29H28ClN3O2/c1-19-10-11-21(30)18-25(19)31-14-16-32(17-15-31)29(35)26-23-8-4-5-9-24(23)28(34)33-13-12-20-6-2-3-7-22(20)27(26)33/h2-11,18,26-27H,12-17H2,1H3/t26-,27+/m0/s1. The van der Waals surface area contributed by atoms with Crippen molar-refractivity contribution >= 4 is 29.1 Å². The molecule has 0 spiro atoms. The number of benzene rings is 3. The fourth-order valence-corrected chi connectivity index (χ4v) is 6.20. The Kier molecular flexibility index (Phi) is 5.53. The van der Waals surface area contributed by atoms with Crippen LogP contribution in [-0.4, -0.2) is 54.3 Å². The lowest BCUT2D eigenvalue weighted by atomic mass is 9.75. The van der Waals surface area contributed by atoms with Gasteiger partial charge in [0.1, 0.15) is 0 Å². The summed E-state index contributed by atoms with van der Waals surface area (Å²) in [7, 11) is 0. The Morgan fingerprint density at radius 2 is 1.60 bits per heavy atom.